The van der Waals surface area contributed by atoms with Crippen molar-refractivity contribution in [3.8, 4) is 5.75 Å². The van der Waals surface area contributed by atoms with Crippen molar-refractivity contribution in [3.63, 3.8) is 0 Å². The molecule has 1 aliphatic heterocycles. The number of ether oxygens (including phenoxy) is 1. The normalized spacial score (nSPS) is 18.3. The summed E-state index contributed by atoms with van der Waals surface area (Å²) < 4.78 is 5.66. The summed E-state index contributed by atoms with van der Waals surface area (Å²) in [6.45, 7) is 9.27. The van der Waals surface area contributed by atoms with Crippen molar-refractivity contribution >= 4 is 0 Å². The molecule has 0 fully saturated rings. The van der Waals surface area contributed by atoms with Crippen molar-refractivity contribution in [1.82, 2.24) is 5.32 Å². The maximum Gasteiger partial charge on any atom is 0.124 e. The van der Waals surface area contributed by atoms with Crippen LogP contribution in [0, 0.1) is 0 Å². The molecule has 2 nitrogen and oxygen atoms in total. The third kappa shape index (κ3) is 1.86. The van der Waals surface area contributed by atoms with Gasteiger partial charge in [0.2, 0.25) is 0 Å². The first kappa shape index (κ1) is 10.5. The van der Waals surface area contributed by atoms with Gasteiger partial charge in [-0.2, -0.15) is 0 Å². The molecule has 0 radical (unpaired) electrons. The Hall–Kier alpha value is -1.02. The number of rotatable bonds is 2. The van der Waals surface area contributed by atoms with Crippen LogP contribution in [0.4, 0.5) is 0 Å². The van der Waals surface area contributed by atoms with Crippen LogP contribution in [0.5, 0.6) is 5.75 Å². The van der Waals surface area contributed by atoms with Crippen LogP contribution in [0.15, 0.2) is 18.2 Å². The number of hydrogen-bond donors (Lipinski definition) is 1. The summed E-state index contributed by atoms with van der Waals surface area (Å²) >= 11 is 0. The standard InChI is InChI=1S/C13H19NO/c1-4-15-12-7-5-6-11-10(12)8-14-9-13(11,2)3/h5-7,14H,4,8-9H2,1-3H3. The summed E-state index contributed by atoms with van der Waals surface area (Å²) in [5, 5.41) is 3.45. The summed E-state index contributed by atoms with van der Waals surface area (Å²) in [6.07, 6.45) is 0. The first-order chi connectivity index (χ1) is 7.15. The molecule has 0 saturated heterocycles. The quantitative estimate of drug-likeness (QED) is 0.801. The lowest BCUT2D eigenvalue weighted by Gasteiger charge is -2.34. The fourth-order valence-electron chi connectivity index (χ4n) is 2.27. The Morgan fingerprint density at radius 3 is 2.93 bits per heavy atom. The molecule has 1 N–H and O–H groups in total. The summed E-state index contributed by atoms with van der Waals surface area (Å²) in [7, 11) is 0. The van der Waals surface area contributed by atoms with Gasteiger partial charge in [-0.15, -0.1) is 0 Å². The Morgan fingerprint density at radius 2 is 2.20 bits per heavy atom. The first-order valence-electron chi connectivity index (χ1n) is 5.61. The van der Waals surface area contributed by atoms with Crippen LogP contribution in [0.2, 0.25) is 0 Å². The minimum absolute atomic E-state index is 0.209. The van der Waals surface area contributed by atoms with E-state index in [4.69, 9.17) is 4.74 Å². The van der Waals surface area contributed by atoms with E-state index in [1.807, 2.05) is 6.92 Å². The summed E-state index contributed by atoms with van der Waals surface area (Å²) in [5.41, 5.74) is 2.96. The predicted molar refractivity (Wildman–Crippen MR) is 62.3 cm³/mol. The minimum atomic E-state index is 0.209. The average Bonchev–Trinajstić information content (AvgIpc) is 2.19. The highest BCUT2D eigenvalue weighted by atomic mass is 16.5. The predicted octanol–water partition coefficient (Wildman–Crippen LogP) is 2.47. The zero-order valence-corrected chi connectivity index (χ0v) is 9.76. The lowest BCUT2D eigenvalue weighted by Crippen LogP contribution is -2.38. The first-order valence-corrected chi connectivity index (χ1v) is 5.61. The molecule has 2 rings (SSSR count). The molecule has 0 saturated carbocycles. The zero-order valence-electron chi connectivity index (χ0n) is 9.76. The number of nitrogens with one attached hydrogen (secondary N) is 1. The van der Waals surface area contributed by atoms with Crippen molar-refractivity contribution in [2.45, 2.75) is 32.7 Å². The van der Waals surface area contributed by atoms with Crippen LogP contribution in [-0.4, -0.2) is 13.2 Å². The lowest BCUT2D eigenvalue weighted by molar-refractivity contribution is 0.328. The van der Waals surface area contributed by atoms with Gasteiger partial charge in [0.05, 0.1) is 6.61 Å². The molecule has 1 aromatic rings. The third-order valence-electron chi connectivity index (χ3n) is 3.03. The van der Waals surface area contributed by atoms with Crippen LogP contribution in [-0.2, 0) is 12.0 Å². The maximum atomic E-state index is 5.66. The monoisotopic (exact) mass is 205 g/mol. The number of fused-ring (bicyclic) bond motifs is 1. The molecular formula is C13H19NO. The average molecular weight is 205 g/mol. The van der Waals surface area contributed by atoms with E-state index in [2.05, 4.69) is 37.4 Å². The van der Waals surface area contributed by atoms with Gasteiger partial charge in [-0.3, -0.25) is 0 Å². The van der Waals surface area contributed by atoms with Gasteiger partial charge in [-0.05, 0) is 18.6 Å². The van der Waals surface area contributed by atoms with Crippen LogP contribution in [0.1, 0.15) is 31.9 Å². The molecular weight excluding hydrogens is 186 g/mol. The Morgan fingerprint density at radius 1 is 1.40 bits per heavy atom. The van der Waals surface area contributed by atoms with Crippen LogP contribution in [0.25, 0.3) is 0 Å². The summed E-state index contributed by atoms with van der Waals surface area (Å²) in [5.74, 6) is 1.04. The largest absolute Gasteiger partial charge is 0.494 e. The summed E-state index contributed by atoms with van der Waals surface area (Å²) in [4.78, 5) is 0. The molecule has 2 heteroatoms. The second kappa shape index (κ2) is 3.86. The Kier molecular flexibility index (Phi) is 2.70. The van der Waals surface area contributed by atoms with Gasteiger partial charge in [0.15, 0.2) is 0 Å². The van der Waals surface area contributed by atoms with Crippen LogP contribution >= 0.6 is 0 Å². The molecule has 0 aliphatic carbocycles. The molecule has 0 aromatic heterocycles. The molecule has 0 bridgehead atoms. The molecule has 0 unspecified atom stereocenters. The van der Waals surface area contributed by atoms with Crippen LogP contribution < -0.4 is 10.1 Å². The number of benzene rings is 1. The van der Waals surface area contributed by atoms with E-state index in [0.717, 1.165) is 25.4 Å². The molecule has 1 aromatic carbocycles. The molecule has 0 atom stereocenters. The van der Waals surface area contributed by atoms with Crippen molar-refractivity contribution in [1.29, 1.82) is 0 Å². The SMILES string of the molecule is CCOc1cccc2c1CNCC2(C)C. The van der Waals surface area contributed by atoms with Gasteiger partial charge in [0, 0.05) is 24.1 Å². The molecule has 1 aliphatic rings. The third-order valence-corrected chi connectivity index (χ3v) is 3.03. The van der Waals surface area contributed by atoms with Gasteiger partial charge in [-0.25, -0.2) is 0 Å². The fourth-order valence-corrected chi connectivity index (χ4v) is 2.27. The maximum absolute atomic E-state index is 5.66. The van der Waals surface area contributed by atoms with E-state index >= 15 is 0 Å². The molecule has 15 heavy (non-hydrogen) atoms. The second-order valence-corrected chi connectivity index (χ2v) is 4.70. The highest BCUT2D eigenvalue weighted by Crippen LogP contribution is 2.34. The van der Waals surface area contributed by atoms with Gasteiger partial charge in [0.1, 0.15) is 5.75 Å². The second-order valence-electron chi connectivity index (χ2n) is 4.70. The van der Waals surface area contributed by atoms with Gasteiger partial charge >= 0.3 is 0 Å². The Bertz CT molecular complexity index is 358. The summed E-state index contributed by atoms with van der Waals surface area (Å²) in [6, 6.07) is 6.38. The molecule has 0 amide bonds. The molecule has 1 heterocycles. The van der Waals surface area contributed by atoms with Gasteiger partial charge < -0.3 is 10.1 Å². The zero-order chi connectivity index (χ0) is 10.9. The lowest BCUT2D eigenvalue weighted by atomic mass is 9.79. The van der Waals surface area contributed by atoms with E-state index in [1.54, 1.807) is 0 Å². The Balaban J connectivity index is 2.46. The smallest absolute Gasteiger partial charge is 0.124 e. The van der Waals surface area contributed by atoms with Crippen molar-refractivity contribution in [2.75, 3.05) is 13.2 Å². The highest BCUT2D eigenvalue weighted by molar-refractivity contribution is 5.45. The van der Waals surface area contributed by atoms with E-state index in [-0.39, 0.29) is 5.41 Å². The fraction of sp³-hybridized carbons (Fsp3) is 0.538. The van der Waals surface area contributed by atoms with Crippen LogP contribution in [0.3, 0.4) is 0 Å². The van der Waals surface area contributed by atoms with Crippen molar-refractivity contribution in [3.05, 3.63) is 29.3 Å². The van der Waals surface area contributed by atoms with E-state index < -0.39 is 0 Å². The van der Waals surface area contributed by atoms with Crippen molar-refractivity contribution < 1.29 is 4.74 Å². The van der Waals surface area contributed by atoms with Crippen molar-refractivity contribution in [2.24, 2.45) is 0 Å². The minimum Gasteiger partial charge on any atom is -0.494 e. The van der Waals surface area contributed by atoms with E-state index in [0.29, 0.717) is 0 Å². The van der Waals surface area contributed by atoms with Gasteiger partial charge in [-0.1, -0.05) is 26.0 Å². The van der Waals surface area contributed by atoms with E-state index in [1.165, 1.54) is 11.1 Å². The van der Waals surface area contributed by atoms with E-state index in [9.17, 15) is 0 Å². The number of hydrogen-bond acceptors (Lipinski definition) is 2. The topological polar surface area (TPSA) is 21.3 Å². The molecule has 0 spiro atoms. The molecule has 82 valence electrons. The highest BCUT2D eigenvalue weighted by Gasteiger charge is 2.28. The van der Waals surface area contributed by atoms with Gasteiger partial charge in [0.25, 0.3) is 0 Å². The Labute approximate surface area is 91.6 Å².